The summed E-state index contributed by atoms with van der Waals surface area (Å²) in [7, 11) is 1.61. The van der Waals surface area contributed by atoms with Gasteiger partial charge >= 0.3 is 0 Å². The molecule has 0 spiro atoms. The molecule has 49 heavy (non-hydrogen) atoms. The van der Waals surface area contributed by atoms with Gasteiger partial charge in [-0.25, -0.2) is 0 Å². The molecule has 254 valence electrons. The van der Waals surface area contributed by atoms with Crippen molar-refractivity contribution in [3.63, 3.8) is 0 Å². The minimum Gasteiger partial charge on any atom is -0.493 e. The highest BCUT2D eigenvalue weighted by atomic mass is 16.5. The Kier molecular flexibility index (Phi) is 9.75. The standard InChI is InChI=1S/C40H43N3O6/c1-26-10-7-12-30-39-33(42-40(26)30)15-9-19-37(39)49-25-28(45)23-43(20-21-47-35-17-6-5-16-34(35)46-2)22-27(44)24-48-36-18-8-14-32-38(36)29-11-3-4-13-31(29)41-32/h3-9,11-19,26-28,41-42,44-45H,10,20-25H2,1-2H3. The number of aromatic nitrogens is 2. The number of aromatic amines is 2. The van der Waals surface area contributed by atoms with E-state index < -0.39 is 12.2 Å². The summed E-state index contributed by atoms with van der Waals surface area (Å²) in [5, 5.41) is 25.5. The van der Waals surface area contributed by atoms with Crippen molar-refractivity contribution in [1.29, 1.82) is 0 Å². The lowest BCUT2D eigenvalue weighted by Gasteiger charge is -2.27. The van der Waals surface area contributed by atoms with Gasteiger partial charge in [0.2, 0.25) is 0 Å². The number of hydrogen-bond donors (Lipinski definition) is 4. The molecular weight excluding hydrogens is 618 g/mol. The minimum absolute atomic E-state index is 0.0849. The molecule has 0 fully saturated rings. The van der Waals surface area contributed by atoms with Gasteiger partial charge in [-0.15, -0.1) is 0 Å². The maximum atomic E-state index is 11.2. The Morgan fingerprint density at radius 1 is 0.714 bits per heavy atom. The van der Waals surface area contributed by atoms with Crippen LogP contribution in [0.1, 0.15) is 30.5 Å². The molecule has 2 heterocycles. The van der Waals surface area contributed by atoms with Gasteiger partial charge in [0, 0.05) is 64.0 Å². The van der Waals surface area contributed by atoms with E-state index in [0.717, 1.165) is 50.4 Å². The van der Waals surface area contributed by atoms with Crippen LogP contribution in [0.5, 0.6) is 23.0 Å². The van der Waals surface area contributed by atoms with Gasteiger partial charge in [-0.05, 0) is 48.9 Å². The van der Waals surface area contributed by atoms with Gasteiger partial charge in [0.1, 0.15) is 43.5 Å². The zero-order chi connectivity index (χ0) is 33.7. The van der Waals surface area contributed by atoms with Crippen LogP contribution in [0.25, 0.3) is 38.8 Å². The van der Waals surface area contributed by atoms with Gasteiger partial charge in [-0.1, -0.05) is 61.5 Å². The first kappa shape index (κ1) is 32.6. The van der Waals surface area contributed by atoms with Crippen molar-refractivity contribution < 1.29 is 29.2 Å². The number of aliphatic hydroxyl groups is 2. The van der Waals surface area contributed by atoms with Crippen molar-refractivity contribution in [3.05, 3.63) is 102 Å². The summed E-state index contributed by atoms with van der Waals surface area (Å²) in [6.07, 6.45) is 3.71. The fraction of sp³-hybridized carbons (Fsp3) is 0.300. The number of benzene rings is 4. The fourth-order valence-electron chi connectivity index (χ4n) is 6.79. The zero-order valence-electron chi connectivity index (χ0n) is 27.9. The van der Waals surface area contributed by atoms with E-state index in [2.05, 4.69) is 41.2 Å². The summed E-state index contributed by atoms with van der Waals surface area (Å²) in [6, 6.07) is 27.5. The number of nitrogens with one attached hydrogen (secondary N) is 2. The van der Waals surface area contributed by atoms with Crippen LogP contribution in [0, 0.1) is 0 Å². The Morgan fingerprint density at radius 2 is 1.33 bits per heavy atom. The maximum Gasteiger partial charge on any atom is 0.161 e. The number of ether oxygens (including phenoxy) is 4. The SMILES string of the molecule is COc1ccccc1OCCN(CC(O)COc1cccc2[nH]c3c(c12)C=CCC3C)CC(O)COc1cccc2[nH]c3ccccc3c12. The van der Waals surface area contributed by atoms with E-state index in [4.69, 9.17) is 18.9 Å². The van der Waals surface area contributed by atoms with Crippen molar-refractivity contribution in [2.24, 2.45) is 0 Å². The van der Waals surface area contributed by atoms with Gasteiger partial charge in [0.05, 0.1) is 12.6 Å². The number of allylic oxidation sites excluding steroid dienone is 1. The van der Waals surface area contributed by atoms with Crippen LogP contribution >= 0.6 is 0 Å². The van der Waals surface area contributed by atoms with Crippen LogP contribution < -0.4 is 18.9 Å². The molecule has 0 aliphatic heterocycles. The Labute approximate surface area is 285 Å². The second-order valence-electron chi connectivity index (χ2n) is 12.7. The van der Waals surface area contributed by atoms with Crippen molar-refractivity contribution in [3.8, 4) is 23.0 Å². The molecule has 1 aliphatic carbocycles. The summed E-state index contributed by atoms with van der Waals surface area (Å²) in [6.45, 7) is 3.71. The van der Waals surface area contributed by atoms with E-state index in [1.165, 1.54) is 5.69 Å². The molecule has 9 nitrogen and oxygen atoms in total. The molecule has 0 saturated heterocycles. The van der Waals surface area contributed by atoms with Crippen molar-refractivity contribution >= 4 is 38.8 Å². The molecule has 4 aromatic carbocycles. The fourth-order valence-corrected chi connectivity index (χ4v) is 6.79. The first-order chi connectivity index (χ1) is 24.0. The lowest BCUT2D eigenvalue weighted by Crippen LogP contribution is -2.43. The molecule has 3 atom stereocenters. The highest BCUT2D eigenvalue weighted by molar-refractivity contribution is 6.10. The molecule has 0 amide bonds. The predicted octanol–water partition coefficient (Wildman–Crippen LogP) is 6.89. The number of methoxy groups -OCH3 is 1. The summed E-state index contributed by atoms with van der Waals surface area (Å²) in [5.74, 6) is 3.13. The molecular formula is C40H43N3O6. The Hall–Kier alpha value is -4.96. The van der Waals surface area contributed by atoms with Gasteiger partial charge in [0.15, 0.2) is 11.5 Å². The van der Waals surface area contributed by atoms with E-state index >= 15 is 0 Å². The highest BCUT2D eigenvalue weighted by Gasteiger charge is 2.22. The quantitative estimate of drug-likeness (QED) is 0.0948. The molecule has 4 N–H and O–H groups in total. The normalized spacial score (nSPS) is 15.5. The van der Waals surface area contributed by atoms with Crippen molar-refractivity contribution in [2.45, 2.75) is 31.5 Å². The number of nitrogens with zero attached hydrogens (tertiary/aromatic N) is 1. The van der Waals surface area contributed by atoms with Crippen LogP contribution in [-0.2, 0) is 0 Å². The maximum absolute atomic E-state index is 11.2. The van der Waals surface area contributed by atoms with E-state index in [1.807, 2.05) is 77.7 Å². The van der Waals surface area contributed by atoms with Crippen molar-refractivity contribution in [2.75, 3.05) is 46.6 Å². The van der Waals surface area contributed by atoms with Crippen LogP contribution in [0.4, 0.5) is 0 Å². The van der Waals surface area contributed by atoms with E-state index in [9.17, 15) is 10.2 Å². The molecule has 9 heteroatoms. The smallest absolute Gasteiger partial charge is 0.161 e. The highest BCUT2D eigenvalue weighted by Crippen LogP contribution is 2.39. The van der Waals surface area contributed by atoms with Gasteiger partial charge in [-0.3, -0.25) is 4.90 Å². The van der Waals surface area contributed by atoms with Crippen molar-refractivity contribution in [1.82, 2.24) is 14.9 Å². The van der Waals surface area contributed by atoms with Crippen LogP contribution in [0.3, 0.4) is 0 Å². The monoisotopic (exact) mass is 661 g/mol. The lowest BCUT2D eigenvalue weighted by molar-refractivity contribution is 0.0271. The Balaban J connectivity index is 1.02. The summed E-state index contributed by atoms with van der Waals surface area (Å²) < 4.78 is 24.0. The Morgan fingerprint density at radius 3 is 2.06 bits per heavy atom. The molecule has 0 saturated carbocycles. The number of rotatable bonds is 15. The molecule has 7 rings (SSSR count). The average molecular weight is 662 g/mol. The number of fused-ring (bicyclic) bond motifs is 6. The summed E-state index contributed by atoms with van der Waals surface area (Å²) in [4.78, 5) is 8.98. The largest absolute Gasteiger partial charge is 0.493 e. The average Bonchev–Trinajstić information content (AvgIpc) is 3.70. The van der Waals surface area contributed by atoms with Crippen LogP contribution in [0.2, 0.25) is 0 Å². The van der Waals surface area contributed by atoms with Gasteiger partial charge in [0.25, 0.3) is 0 Å². The topological polar surface area (TPSA) is 112 Å². The van der Waals surface area contributed by atoms with E-state index in [-0.39, 0.29) is 26.3 Å². The lowest BCUT2D eigenvalue weighted by atomic mass is 9.93. The second-order valence-corrected chi connectivity index (χ2v) is 12.7. The molecule has 3 unspecified atom stereocenters. The third-order valence-electron chi connectivity index (χ3n) is 9.15. The number of hydrogen-bond acceptors (Lipinski definition) is 7. The summed E-state index contributed by atoms with van der Waals surface area (Å²) >= 11 is 0. The van der Waals surface area contributed by atoms with Crippen LogP contribution in [0.15, 0.2) is 91.0 Å². The van der Waals surface area contributed by atoms with E-state index in [1.54, 1.807) is 7.11 Å². The Bertz CT molecular complexity index is 2070. The molecule has 6 aromatic rings. The van der Waals surface area contributed by atoms with Crippen LogP contribution in [-0.4, -0.2) is 83.9 Å². The third-order valence-corrected chi connectivity index (χ3v) is 9.15. The molecule has 0 bridgehead atoms. The third kappa shape index (κ3) is 7.10. The first-order valence-corrected chi connectivity index (χ1v) is 16.9. The summed E-state index contributed by atoms with van der Waals surface area (Å²) in [5.41, 5.74) is 5.41. The van der Waals surface area contributed by atoms with E-state index in [0.29, 0.717) is 36.3 Å². The molecule has 0 radical (unpaired) electrons. The van der Waals surface area contributed by atoms with Gasteiger partial charge in [-0.2, -0.15) is 0 Å². The number of aliphatic hydroxyl groups excluding tert-OH is 2. The van der Waals surface area contributed by atoms with Gasteiger partial charge < -0.3 is 39.1 Å². The zero-order valence-corrected chi connectivity index (χ0v) is 27.9. The second kappa shape index (κ2) is 14.7. The molecule has 1 aliphatic rings. The molecule has 2 aromatic heterocycles. The first-order valence-electron chi connectivity index (χ1n) is 16.9. The number of H-pyrrole nitrogens is 2. The minimum atomic E-state index is -0.825. The number of para-hydroxylation sites is 3. The predicted molar refractivity (Wildman–Crippen MR) is 194 cm³/mol.